The molecule has 5 nitrogen and oxygen atoms in total. The minimum Gasteiger partial charge on any atom is -0.370 e. The van der Waals surface area contributed by atoms with Crippen LogP contribution >= 0.6 is 0 Å². The van der Waals surface area contributed by atoms with E-state index in [4.69, 9.17) is 15.3 Å². The first-order valence-electron chi connectivity index (χ1n) is 3.68. The third-order valence-electron chi connectivity index (χ3n) is 1.25. The van der Waals surface area contributed by atoms with E-state index in [1.165, 1.54) is 0 Å². The molecule has 1 N–H and O–H groups in total. The van der Waals surface area contributed by atoms with Gasteiger partial charge in [-0.05, 0) is 12.3 Å². The quantitative estimate of drug-likeness (QED) is 0.398. The van der Waals surface area contributed by atoms with Crippen molar-refractivity contribution < 1.29 is 10.3 Å². The molecule has 1 aliphatic heterocycles. The molecule has 1 rings (SSSR count). The first kappa shape index (κ1) is 11.2. The molecule has 13 heavy (non-hydrogen) atoms. The van der Waals surface area contributed by atoms with Crippen LogP contribution in [-0.2, 0) is 0 Å². The highest BCUT2D eigenvalue weighted by molar-refractivity contribution is 5.09. The first-order chi connectivity index (χ1) is 6.16. The first-order valence-corrected chi connectivity index (χ1v) is 3.68. The Balaban J connectivity index is 0.000000310. The third-order valence-corrected chi connectivity index (χ3v) is 1.25. The lowest BCUT2D eigenvalue weighted by Crippen LogP contribution is -2.18. The van der Waals surface area contributed by atoms with Crippen molar-refractivity contribution >= 4 is 0 Å². The molecule has 0 saturated carbocycles. The maximum atomic E-state index is 8.36. The van der Waals surface area contributed by atoms with Crippen molar-refractivity contribution in [3.05, 3.63) is 47.2 Å². The zero-order valence-corrected chi connectivity index (χ0v) is 7.17. The van der Waals surface area contributed by atoms with Crippen molar-refractivity contribution in [2.75, 3.05) is 13.1 Å². The van der Waals surface area contributed by atoms with Gasteiger partial charge in [-0.15, -0.1) is 16.7 Å². The van der Waals surface area contributed by atoms with Crippen molar-refractivity contribution in [3.63, 3.8) is 0 Å². The van der Waals surface area contributed by atoms with Crippen molar-refractivity contribution in [1.82, 2.24) is 4.90 Å². The van der Waals surface area contributed by atoms with Gasteiger partial charge in [-0.25, -0.2) is 0 Å². The summed E-state index contributed by atoms with van der Waals surface area (Å²) in [6.45, 7) is 5.62. The lowest BCUT2D eigenvalue weighted by molar-refractivity contribution is -0.742. The highest BCUT2D eigenvalue weighted by atomic mass is 16.9. The van der Waals surface area contributed by atoms with Crippen LogP contribution in [0.2, 0.25) is 0 Å². The van der Waals surface area contributed by atoms with E-state index in [1.54, 1.807) is 0 Å². The number of hydrogen-bond donors (Lipinski definition) is 1. The fourth-order valence-corrected chi connectivity index (χ4v) is 0.808. The van der Waals surface area contributed by atoms with E-state index < -0.39 is 5.09 Å². The second-order valence-electron chi connectivity index (χ2n) is 2.25. The largest absolute Gasteiger partial charge is 0.370 e. The minimum atomic E-state index is -1.50. The van der Waals surface area contributed by atoms with Gasteiger partial charge < -0.3 is 10.1 Å². The molecule has 0 aliphatic carbocycles. The van der Waals surface area contributed by atoms with Crippen LogP contribution in [0, 0.1) is 10.1 Å². The number of hydrogen-bond acceptors (Lipinski definition) is 3. The van der Waals surface area contributed by atoms with Crippen LogP contribution in [0.1, 0.15) is 0 Å². The highest BCUT2D eigenvalue weighted by Crippen LogP contribution is 1.96. The summed E-state index contributed by atoms with van der Waals surface area (Å²) in [7, 11) is 0. The van der Waals surface area contributed by atoms with Gasteiger partial charge in [-0.1, -0.05) is 18.2 Å². The zero-order valence-electron chi connectivity index (χ0n) is 7.17. The summed E-state index contributed by atoms with van der Waals surface area (Å²) in [5.41, 5.74) is 0. The second kappa shape index (κ2) is 6.90. The molecule has 1 heterocycles. The van der Waals surface area contributed by atoms with E-state index in [-0.39, 0.29) is 0 Å². The summed E-state index contributed by atoms with van der Waals surface area (Å²) in [5, 5.41) is 13.6. The topological polar surface area (TPSA) is 66.6 Å². The van der Waals surface area contributed by atoms with Crippen LogP contribution in [-0.4, -0.2) is 28.3 Å². The molecule has 0 saturated heterocycles. The molecule has 5 heteroatoms. The summed E-state index contributed by atoms with van der Waals surface area (Å²) in [5.74, 6) is 0. The number of allylic oxidation sites excluding steroid dienone is 2. The molecule has 0 bridgehead atoms. The Kier molecular flexibility index (Phi) is 5.96. The van der Waals surface area contributed by atoms with E-state index in [2.05, 4.69) is 29.8 Å². The van der Waals surface area contributed by atoms with Crippen LogP contribution in [0.3, 0.4) is 0 Å². The van der Waals surface area contributed by atoms with E-state index in [0.717, 1.165) is 13.1 Å². The Bertz CT molecular complexity index is 217. The molecule has 0 aromatic carbocycles. The van der Waals surface area contributed by atoms with Gasteiger partial charge in [0.2, 0.25) is 0 Å². The Morgan fingerprint density at radius 1 is 1.69 bits per heavy atom. The molecule has 0 fully saturated rings. The number of nitrogens with zero attached hydrogens (tertiary/aromatic N) is 2. The standard InChI is InChI=1S/C8H11N.HNO3/c1-2-6-9-7-4-3-5-8-9;2-1(3)4/h2-5,7H,1,6,8H2;(H,2,3,4). The van der Waals surface area contributed by atoms with E-state index in [1.807, 2.05) is 12.2 Å². The monoisotopic (exact) mass is 184 g/mol. The Morgan fingerprint density at radius 3 is 2.69 bits per heavy atom. The maximum Gasteiger partial charge on any atom is 0.291 e. The van der Waals surface area contributed by atoms with Gasteiger partial charge in [0.1, 0.15) is 0 Å². The molecule has 1 aliphatic rings. The van der Waals surface area contributed by atoms with Gasteiger partial charge in [-0.3, -0.25) is 0 Å². The summed E-state index contributed by atoms with van der Waals surface area (Å²) in [6.07, 6.45) is 10.2. The Hall–Kier alpha value is -1.78. The lowest BCUT2D eigenvalue weighted by atomic mass is 10.3. The predicted octanol–water partition coefficient (Wildman–Crippen LogP) is 1.21. The van der Waals surface area contributed by atoms with Crippen molar-refractivity contribution in [1.29, 1.82) is 0 Å². The molecule has 72 valence electrons. The van der Waals surface area contributed by atoms with Gasteiger partial charge in [0, 0.05) is 13.1 Å². The van der Waals surface area contributed by atoms with Gasteiger partial charge in [-0.2, -0.15) is 0 Å². The Labute approximate surface area is 76.4 Å². The average molecular weight is 184 g/mol. The summed E-state index contributed by atoms with van der Waals surface area (Å²) < 4.78 is 0. The molecule has 0 aromatic rings. The molecule has 0 unspecified atom stereocenters. The van der Waals surface area contributed by atoms with E-state index in [0.29, 0.717) is 0 Å². The Morgan fingerprint density at radius 2 is 2.31 bits per heavy atom. The summed E-state index contributed by atoms with van der Waals surface area (Å²) in [6, 6.07) is 0. The molecule has 0 radical (unpaired) electrons. The summed E-state index contributed by atoms with van der Waals surface area (Å²) in [4.78, 5) is 10.5. The lowest BCUT2D eigenvalue weighted by Gasteiger charge is -2.17. The second-order valence-corrected chi connectivity index (χ2v) is 2.25. The van der Waals surface area contributed by atoms with Crippen LogP contribution in [0.15, 0.2) is 37.1 Å². The van der Waals surface area contributed by atoms with Gasteiger partial charge in [0.05, 0.1) is 0 Å². The average Bonchev–Trinajstić information content (AvgIpc) is 2.06. The molecule has 0 aromatic heterocycles. The fourth-order valence-electron chi connectivity index (χ4n) is 0.808. The van der Waals surface area contributed by atoms with Crippen molar-refractivity contribution in [2.45, 2.75) is 0 Å². The van der Waals surface area contributed by atoms with Crippen LogP contribution < -0.4 is 0 Å². The number of rotatable bonds is 2. The zero-order chi connectivity index (χ0) is 10.1. The molecular weight excluding hydrogens is 172 g/mol. The van der Waals surface area contributed by atoms with Gasteiger partial charge in [0.25, 0.3) is 5.09 Å². The van der Waals surface area contributed by atoms with Crippen LogP contribution in [0.4, 0.5) is 0 Å². The minimum absolute atomic E-state index is 0.945. The normalized spacial score (nSPS) is 13.1. The van der Waals surface area contributed by atoms with E-state index >= 15 is 0 Å². The van der Waals surface area contributed by atoms with Crippen LogP contribution in [0.5, 0.6) is 0 Å². The highest BCUT2D eigenvalue weighted by Gasteiger charge is 1.93. The maximum absolute atomic E-state index is 8.36. The third kappa shape index (κ3) is 8.12. The molecule has 0 spiro atoms. The fraction of sp³-hybridized carbons (Fsp3) is 0.250. The summed E-state index contributed by atoms with van der Waals surface area (Å²) >= 11 is 0. The smallest absolute Gasteiger partial charge is 0.291 e. The molecular formula is C8H12N2O3. The molecule has 0 amide bonds. The SMILES string of the molecule is C=CCN1C=CC=CC1.O=[N+]([O-])O. The van der Waals surface area contributed by atoms with Crippen LogP contribution in [0.25, 0.3) is 0 Å². The van der Waals surface area contributed by atoms with Crippen molar-refractivity contribution in [2.24, 2.45) is 0 Å². The predicted molar refractivity (Wildman–Crippen MR) is 48.8 cm³/mol. The van der Waals surface area contributed by atoms with E-state index in [9.17, 15) is 0 Å². The molecule has 0 atom stereocenters. The van der Waals surface area contributed by atoms with Crippen molar-refractivity contribution in [3.8, 4) is 0 Å². The van der Waals surface area contributed by atoms with Gasteiger partial charge >= 0.3 is 0 Å². The van der Waals surface area contributed by atoms with Gasteiger partial charge in [0.15, 0.2) is 0 Å².